The Labute approximate surface area is 144 Å². The molecule has 0 aliphatic rings. The van der Waals surface area contributed by atoms with E-state index in [1.807, 2.05) is 38.1 Å². The molecule has 0 heterocycles. The molecular weight excluding hydrogens is 332 g/mol. The van der Waals surface area contributed by atoms with Gasteiger partial charge in [-0.3, -0.25) is 20.4 Å². The number of halogens is 1. The monoisotopic (exact) mass is 348 g/mol. The van der Waals surface area contributed by atoms with Gasteiger partial charge in [0, 0.05) is 15.5 Å². The first-order valence-corrected chi connectivity index (χ1v) is 8.37. The van der Waals surface area contributed by atoms with Crippen LogP contribution in [0.4, 0.5) is 0 Å². The molecule has 0 fully saturated rings. The van der Waals surface area contributed by atoms with Crippen LogP contribution < -0.4 is 10.9 Å². The molecule has 2 rings (SSSR count). The van der Waals surface area contributed by atoms with Crippen LogP contribution in [0.3, 0.4) is 0 Å². The smallest absolute Gasteiger partial charge is 0.269 e. The van der Waals surface area contributed by atoms with Crippen molar-refractivity contribution in [3.63, 3.8) is 0 Å². The van der Waals surface area contributed by atoms with Crippen molar-refractivity contribution in [2.24, 2.45) is 0 Å². The molecule has 2 aromatic rings. The van der Waals surface area contributed by atoms with Crippen molar-refractivity contribution in [3.05, 3.63) is 64.2 Å². The number of amides is 2. The minimum Gasteiger partial charge on any atom is -0.272 e. The first kappa shape index (κ1) is 17.4. The highest BCUT2D eigenvalue weighted by Crippen LogP contribution is 2.19. The average molecular weight is 349 g/mol. The molecular formula is C17H17ClN2O2S. The average Bonchev–Trinajstić information content (AvgIpc) is 2.52. The van der Waals surface area contributed by atoms with Crippen LogP contribution >= 0.6 is 23.4 Å². The molecule has 0 atom stereocenters. The molecule has 2 aromatic carbocycles. The van der Waals surface area contributed by atoms with E-state index in [9.17, 15) is 9.59 Å². The molecule has 0 aliphatic carbocycles. The van der Waals surface area contributed by atoms with Gasteiger partial charge in [0.05, 0.1) is 5.75 Å². The van der Waals surface area contributed by atoms with E-state index in [4.69, 9.17) is 11.6 Å². The van der Waals surface area contributed by atoms with Gasteiger partial charge in [0.2, 0.25) is 5.91 Å². The number of carbonyl (C=O) groups excluding carboxylic acids is 2. The molecule has 2 amide bonds. The fourth-order valence-corrected chi connectivity index (χ4v) is 2.80. The summed E-state index contributed by atoms with van der Waals surface area (Å²) in [6.45, 7) is 3.82. The van der Waals surface area contributed by atoms with Gasteiger partial charge in [0.25, 0.3) is 5.91 Å². The van der Waals surface area contributed by atoms with Crippen LogP contribution in [0.5, 0.6) is 0 Å². The van der Waals surface area contributed by atoms with Gasteiger partial charge in [-0.1, -0.05) is 29.3 Å². The zero-order chi connectivity index (χ0) is 16.8. The van der Waals surface area contributed by atoms with Gasteiger partial charge in [-0.2, -0.15) is 0 Å². The van der Waals surface area contributed by atoms with Gasteiger partial charge in [-0.25, -0.2) is 0 Å². The second kappa shape index (κ2) is 8.04. The van der Waals surface area contributed by atoms with Gasteiger partial charge in [-0.05, 0) is 49.7 Å². The Kier molecular flexibility index (Phi) is 6.07. The molecule has 0 saturated heterocycles. The third-order valence-corrected chi connectivity index (χ3v) is 4.39. The SMILES string of the molecule is Cc1ccc(C(=O)NNC(=O)CSc2ccc(Cl)cc2)c(C)c1. The third kappa shape index (κ3) is 5.30. The van der Waals surface area contributed by atoms with Crippen LogP contribution in [0.25, 0.3) is 0 Å². The zero-order valence-corrected chi connectivity index (χ0v) is 14.4. The Bertz CT molecular complexity index is 717. The van der Waals surface area contributed by atoms with E-state index in [2.05, 4.69) is 10.9 Å². The zero-order valence-electron chi connectivity index (χ0n) is 12.9. The van der Waals surface area contributed by atoms with Crippen LogP contribution in [0.2, 0.25) is 5.02 Å². The maximum absolute atomic E-state index is 12.0. The Morgan fingerprint density at radius 1 is 1.04 bits per heavy atom. The summed E-state index contributed by atoms with van der Waals surface area (Å²) in [6, 6.07) is 12.7. The van der Waals surface area contributed by atoms with Crippen molar-refractivity contribution in [2.75, 3.05) is 5.75 Å². The van der Waals surface area contributed by atoms with Crippen molar-refractivity contribution in [2.45, 2.75) is 18.7 Å². The highest BCUT2D eigenvalue weighted by molar-refractivity contribution is 8.00. The van der Waals surface area contributed by atoms with Gasteiger partial charge < -0.3 is 0 Å². The van der Waals surface area contributed by atoms with Crippen LogP contribution in [-0.4, -0.2) is 17.6 Å². The van der Waals surface area contributed by atoms with Crippen molar-refractivity contribution in [1.29, 1.82) is 0 Å². The molecule has 2 N–H and O–H groups in total. The molecule has 6 heteroatoms. The van der Waals surface area contributed by atoms with Gasteiger partial charge in [-0.15, -0.1) is 11.8 Å². The fraction of sp³-hybridized carbons (Fsp3) is 0.176. The standard InChI is InChI=1S/C17H17ClN2O2S/c1-11-3-8-15(12(2)9-11)17(22)20-19-16(21)10-23-14-6-4-13(18)5-7-14/h3-9H,10H2,1-2H3,(H,19,21)(H,20,22). The minimum absolute atomic E-state index is 0.203. The van der Waals surface area contributed by atoms with Crippen LogP contribution in [0, 0.1) is 13.8 Å². The molecule has 0 unspecified atom stereocenters. The first-order valence-electron chi connectivity index (χ1n) is 7.00. The van der Waals surface area contributed by atoms with Crippen LogP contribution in [-0.2, 0) is 4.79 Å². The lowest BCUT2D eigenvalue weighted by Gasteiger charge is -2.09. The number of nitrogens with one attached hydrogen (secondary N) is 2. The molecule has 120 valence electrons. The second-order valence-corrected chi connectivity index (χ2v) is 6.55. The minimum atomic E-state index is -0.327. The lowest BCUT2D eigenvalue weighted by Crippen LogP contribution is -2.42. The Morgan fingerprint density at radius 2 is 1.74 bits per heavy atom. The molecule has 23 heavy (non-hydrogen) atoms. The number of carbonyl (C=O) groups is 2. The molecule has 4 nitrogen and oxygen atoms in total. The van der Waals surface area contributed by atoms with Crippen molar-refractivity contribution >= 4 is 35.2 Å². The van der Waals surface area contributed by atoms with E-state index in [1.165, 1.54) is 11.8 Å². The maximum Gasteiger partial charge on any atom is 0.269 e. The Balaban J connectivity index is 1.81. The maximum atomic E-state index is 12.0. The highest BCUT2D eigenvalue weighted by Gasteiger charge is 2.10. The summed E-state index contributed by atoms with van der Waals surface area (Å²) >= 11 is 7.17. The third-order valence-electron chi connectivity index (χ3n) is 3.13. The molecule has 0 saturated carbocycles. The largest absolute Gasteiger partial charge is 0.272 e. The number of thioether (sulfide) groups is 1. The van der Waals surface area contributed by atoms with E-state index in [1.54, 1.807) is 18.2 Å². The quantitative estimate of drug-likeness (QED) is 0.656. The van der Waals surface area contributed by atoms with Crippen LogP contribution in [0.1, 0.15) is 21.5 Å². The molecule has 0 bridgehead atoms. The van der Waals surface area contributed by atoms with Crippen molar-refractivity contribution < 1.29 is 9.59 Å². The summed E-state index contributed by atoms with van der Waals surface area (Å²) in [4.78, 5) is 24.8. The highest BCUT2D eigenvalue weighted by atomic mass is 35.5. The van der Waals surface area contributed by atoms with E-state index in [0.717, 1.165) is 16.0 Å². The summed E-state index contributed by atoms with van der Waals surface area (Å²) < 4.78 is 0. The summed E-state index contributed by atoms with van der Waals surface area (Å²) in [7, 11) is 0. The second-order valence-electron chi connectivity index (χ2n) is 5.06. The van der Waals surface area contributed by atoms with Gasteiger partial charge >= 0.3 is 0 Å². The summed E-state index contributed by atoms with van der Waals surface area (Å²) in [5.74, 6) is -0.398. The molecule has 0 spiro atoms. The number of rotatable bonds is 4. The number of hydrazine groups is 1. The fourth-order valence-electron chi connectivity index (χ4n) is 1.98. The van der Waals surface area contributed by atoms with E-state index in [0.29, 0.717) is 10.6 Å². The lowest BCUT2D eigenvalue weighted by molar-refractivity contribution is -0.119. The normalized spacial score (nSPS) is 10.2. The molecule has 0 aliphatic heterocycles. The summed E-state index contributed by atoms with van der Waals surface area (Å²) in [5, 5.41) is 0.652. The number of hydrogen-bond acceptors (Lipinski definition) is 3. The Morgan fingerprint density at radius 3 is 2.39 bits per heavy atom. The lowest BCUT2D eigenvalue weighted by atomic mass is 10.1. The van der Waals surface area contributed by atoms with E-state index in [-0.39, 0.29) is 17.6 Å². The van der Waals surface area contributed by atoms with Crippen LogP contribution in [0.15, 0.2) is 47.4 Å². The predicted molar refractivity (Wildman–Crippen MR) is 93.7 cm³/mol. The number of benzene rings is 2. The number of aryl methyl sites for hydroxylation is 2. The van der Waals surface area contributed by atoms with E-state index < -0.39 is 0 Å². The first-order chi connectivity index (χ1) is 11.0. The summed E-state index contributed by atoms with van der Waals surface area (Å²) in [6.07, 6.45) is 0. The Hall–Kier alpha value is -1.98. The number of hydrogen-bond donors (Lipinski definition) is 2. The molecule has 0 aromatic heterocycles. The van der Waals surface area contributed by atoms with Crippen molar-refractivity contribution in [1.82, 2.24) is 10.9 Å². The van der Waals surface area contributed by atoms with Gasteiger partial charge in [0.15, 0.2) is 0 Å². The van der Waals surface area contributed by atoms with Crippen molar-refractivity contribution in [3.8, 4) is 0 Å². The summed E-state index contributed by atoms with van der Waals surface area (Å²) in [5.41, 5.74) is 7.35. The van der Waals surface area contributed by atoms with Gasteiger partial charge in [0.1, 0.15) is 0 Å². The topological polar surface area (TPSA) is 58.2 Å². The van der Waals surface area contributed by atoms with E-state index >= 15 is 0 Å². The predicted octanol–water partition coefficient (Wildman–Crippen LogP) is 3.51. The molecule has 0 radical (unpaired) electrons.